The van der Waals surface area contributed by atoms with E-state index in [-0.39, 0.29) is 6.03 Å². The Morgan fingerprint density at radius 1 is 1.26 bits per heavy atom. The molecule has 1 unspecified atom stereocenters. The maximum Gasteiger partial charge on any atom is 0.327 e. The van der Waals surface area contributed by atoms with Crippen LogP contribution in [0.25, 0.3) is 0 Å². The Balaban J connectivity index is 1.61. The quantitative estimate of drug-likeness (QED) is 0.833. The van der Waals surface area contributed by atoms with Crippen molar-refractivity contribution in [3.8, 4) is 0 Å². The first-order valence-electron chi connectivity index (χ1n) is 10.1. The van der Waals surface area contributed by atoms with Crippen molar-refractivity contribution in [2.45, 2.75) is 39.0 Å². The smallest absolute Gasteiger partial charge is 0.327 e. The first kappa shape index (κ1) is 17.9. The van der Waals surface area contributed by atoms with Crippen LogP contribution in [0.5, 0.6) is 0 Å². The zero-order valence-electron chi connectivity index (χ0n) is 16.1. The van der Waals surface area contributed by atoms with Crippen LogP contribution >= 0.6 is 0 Å². The number of carbonyl (C=O) groups excluding carboxylic acids is 1. The Morgan fingerprint density at radius 2 is 2.19 bits per heavy atom. The summed E-state index contributed by atoms with van der Waals surface area (Å²) in [5.41, 5.74) is 1.88. The number of allylic oxidation sites excluding steroid dienone is 3. The van der Waals surface area contributed by atoms with Gasteiger partial charge in [-0.3, -0.25) is 4.90 Å². The van der Waals surface area contributed by atoms with Gasteiger partial charge in [0.2, 0.25) is 0 Å². The van der Waals surface area contributed by atoms with Crippen molar-refractivity contribution in [3.05, 3.63) is 36.1 Å². The van der Waals surface area contributed by atoms with E-state index in [1.807, 2.05) is 18.2 Å². The van der Waals surface area contributed by atoms with Crippen LogP contribution in [0.4, 0.5) is 22.1 Å². The van der Waals surface area contributed by atoms with Gasteiger partial charge in [0, 0.05) is 38.3 Å². The number of anilines is 3. The summed E-state index contributed by atoms with van der Waals surface area (Å²) < 4.78 is 0. The molecule has 1 aromatic heterocycles. The van der Waals surface area contributed by atoms with Gasteiger partial charge in [0.25, 0.3) is 0 Å². The number of amides is 2. The molecule has 1 fully saturated rings. The molecular formula is C21H29N5O. The SMILES string of the molecule is CC1CCCN(c2ccc3c(n2)N(C(=O)NC2=CC=CC2)CCCCN3)C1. The van der Waals surface area contributed by atoms with Gasteiger partial charge in [0.1, 0.15) is 5.82 Å². The molecule has 1 aliphatic carbocycles. The third kappa shape index (κ3) is 4.10. The number of carbonyl (C=O) groups is 1. The Hall–Kier alpha value is -2.50. The third-order valence-electron chi connectivity index (χ3n) is 5.50. The third-order valence-corrected chi connectivity index (χ3v) is 5.50. The first-order chi connectivity index (χ1) is 13.2. The molecule has 3 aliphatic rings. The molecule has 2 aliphatic heterocycles. The minimum absolute atomic E-state index is 0.0911. The fraction of sp³-hybridized carbons (Fsp3) is 0.524. The highest BCUT2D eigenvalue weighted by molar-refractivity contribution is 5.95. The molecule has 144 valence electrons. The predicted molar refractivity (Wildman–Crippen MR) is 110 cm³/mol. The first-order valence-corrected chi connectivity index (χ1v) is 10.1. The predicted octanol–water partition coefficient (Wildman–Crippen LogP) is 3.88. The molecule has 0 saturated carbocycles. The molecular weight excluding hydrogens is 338 g/mol. The number of nitrogens with one attached hydrogen (secondary N) is 2. The molecule has 2 N–H and O–H groups in total. The summed E-state index contributed by atoms with van der Waals surface area (Å²) in [4.78, 5) is 22.1. The molecule has 0 aromatic carbocycles. The van der Waals surface area contributed by atoms with E-state index in [4.69, 9.17) is 4.98 Å². The van der Waals surface area contributed by atoms with Crippen LogP contribution in [-0.2, 0) is 0 Å². The van der Waals surface area contributed by atoms with Crippen molar-refractivity contribution in [2.75, 3.05) is 41.3 Å². The summed E-state index contributed by atoms with van der Waals surface area (Å²) in [5, 5.41) is 6.50. The second-order valence-corrected chi connectivity index (χ2v) is 7.77. The van der Waals surface area contributed by atoms with E-state index in [1.54, 1.807) is 4.90 Å². The van der Waals surface area contributed by atoms with Crippen molar-refractivity contribution in [1.29, 1.82) is 0 Å². The molecule has 1 saturated heterocycles. The number of aromatic nitrogens is 1. The largest absolute Gasteiger partial charge is 0.382 e. The molecule has 27 heavy (non-hydrogen) atoms. The molecule has 6 nitrogen and oxygen atoms in total. The molecule has 0 bridgehead atoms. The van der Waals surface area contributed by atoms with Crippen molar-refractivity contribution in [1.82, 2.24) is 10.3 Å². The van der Waals surface area contributed by atoms with E-state index < -0.39 is 0 Å². The maximum atomic E-state index is 13.0. The normalized spacial score (nSPS) is 22.4. The van der Waals surface area contributed by atoms with Gasteiger partial charge < -0.3 is 15.5 Å². The van der Waals surface area contributed by atoms with Gasteiger partial charge in [-0.15, -0.1) is 0 Å². The lowest BCUT2D eigenvalue weighted by Gasteiger charge is -2.33. The molecule has 3 heterocycles. The summed E-state index contributed by atoms with van der Waals surface area (Å²) in [7, 11) is 0. The van der Waals surface area contributed by atoms with Crippen LogP contribution in [0.3, 0.4) is 0 Å². The Labute approximate surface area is 161 Å². The number of fused-ring (bicyclic) bond motifs is 1. The number of hydrogen-bond donors (Lipinski definition) is 2. The average molecular weight is 367 g/mol. The monoisotopic (exact) mass is 367 g/mol. The van der Waals surface area contributed by atoms with E-state index in [0.717, 1.165) is 61.9 Å². The Bertz CT molecular complexity index is 757. The fourth-order valence-electron chi connectivity index (χ4n) is 4.02. The number of hydrogen-bond acceptors (Lipinski definition) is 4. The van der Waals surface area contributed by atoms with Crippen molar-refractivity contribution < 1.29 is 4.79 Å². The van der Waals surface area contributed by atoms with E-state index in [2.05, 4.69) is 34.6 Å². The second kappa shape index (κ2) is 8.03. The molecule has 1 atom stereocenters. The molecule has 0 radical (unpaired) electrons. The highest BCUT2D eigenvalue weighted by Crippen LogP contribution is 2.31. The Morgan fingerprint density at radius 3 is 3.00 bits per heavy atom. The van der Waals surface area contributed by atoms with E-state index >= 15 is 0 Å². The van der Waals surface area contributed by atoms with Crippen LogP contribution < -0.4 is 20.4 Å². The lowest BCUT2D eigenvalue weighted by Crippen LogP contribution is -2.42. The minimum Gasteiger partial charge on any atom is -0.382 e. The van der Waals surface area contributed by atoms with Gasteiger partial charge in [-0.1, -0.05) is 19.1 Å². The van der Waals surface area contributed by atoms with E-state index in [0.29, 0.717) is 12.5 Å². The topological polar surface area (TPSA) is 60.5 Å². The van der Waals surface area contributed by atoms with Crippen LogP contribution in [0.2, 0.25) is 0 Å². The molecule has 2 amide bonds. The highest BCUT2D eigenvalue weighted by Gasteiger charge is 2.25. The molecule has 4 rings (SSSR count). The van der Waals surface area contributed by atoms with Crippen molar-refractivity contribution in [3.63, 3.8) is 0 Å². The Kier molecular flexibility index (Phi) is 5.32. The summed E-state index contributed by atoms with van der Waals surface area (Å²) >= 11 is 0. The summed E-state index contributed by atoms with van der Waals surface area (Å²) in [6.45, 7) is 5.97. The molecule has 1 aromatic rings. The van der Waals surface area contributed by atoms with Gasteiger partial charge in [0.15, 0.2) is 5.82 Å². The van der Waals surface area contributed by atoms with E-state index in [1.165, 1.54) is 12.8 Å². The lowest BCUT2D eigenvalue weighted by molar-refractivity contribution is 0.248. The zero-order chi connectivity index (χ0) is 18.6. The van der Waals surface area contributed by atoms with E-state index in [9.17, 15) is 4.79 Å². The van der Waals surface area contributed by atoms with Crippen LogP contribution in [-0.4, -0.2) is 37.2 Å². The van der Waals surface area contributed by atoms with Crippen LogP contribution in [0, 0.1) is 5.92 Å². The number of urea groups is 1. The number of piperidine rings is 1. The lowest BCUT2D eigenvalue weighted by atomic mass is 10.0. The maximum absolute atomic E-state index is 13.0. The number of rotatable bonds is 2. The number of nitrogens with zero attached hydrogens (tertiary/aromatic N) is 3. The van der Waals surface area contributed by atoms with Crippen molar-refractivity contribution >= 4 is 23.4 Å². The molecule has 6 heteroatoms. The van der Waals surface area contributed by atoms with Crippen molar-refractivity contribution in [2.24, 2.45) is 5.92 Å². The summed E-state index contributed by atoms with van der Waals surface area (Å²) in [6, 6.07) is 4.08. The number of pyridine rings is 1. The molecule has 0 spiro atoms. The van der Waals surface area contributed by atoms with Crippen LogP contribution in [0.15, 0.2) is 36.1 Å². The fourth-order valence-corrected chi connectivity index (χ4v) is 4.02. The van der Waals surface area contributed by atoms with Gasteiger partial charge in [-0.05, 0) is 49.8 Å². The zero-order valence-corrected chi connectivity index (χ0v) is 16.1. The average Bonchev–Trinajstić information content (AvgIpc) is 3.15. The standard InChI is InChI=1S/C21H29N5O/c1-16-7-6-13-25(15-16)19-11-10-18-20(24-19)26(14-5-4-12-22-18)21(27)23-17-8-2-3-9-17/h2-3,8,10-11,16,22H,4-7,9,12-15H2,1H3,(H,23,27). The minimum atomic E-state index is -0.0911. The highest BCUT2D eigenvalue weighted by atomic mass is 16.2. The van der Waals surface area contributed by atoms with Gasteiger partial charge >= 0.3 is 6.03 Å². The van der Waals surface area contributed by atoms with Crippen LogP contribution in [0.1, 0.15) is 39.0 Å². The summed E-state index contributed by atoms with van der Waals surface area (Å²) in [5.74, 6) is 2.40. The van der Waals surface area contributed by atoms with Gasteiger partial charge in [-0.25, -0.2) is 9.78 Å². The summed E-state index contributed by atoms with van der Waals surface area (Å²) in [6.07, 6.45) is 11.2. The van der Waals surface area contributed by atoms with Gasteiger partial charge in [-0.2, -0.15) is 0 Å². The second-order valence-electron chi connectivity index (χ2n) is 7.77. The van der Waals surface area contributed by atoms with Gasteiger partial charge in [0.05, 0.1) is 5.69 Å².